The second-order valence-electron chi connectivity index (χ2n) is 7.82. The second kappa shape index (κ2) is 8.48. The number of methoxy groups -OCH3 is 1. The van der Waals surface area contributed by atoms with Gasteiger partial charge in [-0.1, -0.05) is 12.1 Å². The number of fused-ring (bicyclic) bond motifs is 1. The van der Waals surface area contributed by atoms with Gasteiger partial charge < -0.3 is 14.8 Å². The second-order valence-corrected chi connectivity index (χ2v) is 7.82. The molecule has 0 atom stereocenters. The number of hydrogen-bond donors (Lipinski definition) is 1. The summed E-state index contributed by atoms with van der Waals surface area (Å²) in [6.45, 7) is 4.05. The first kappa shape index (κ1) is 20.4. The van der Waals surface area contributed by atoms with Crippen molar-refractivity contribution in [2.75, 3.05) is 12.4 Å². The van der Waals surface area contributed by atoms with Crippen molar-refractivity contribution in [1.82, 2.24) is 4.98 Å². The highest BCUT2D eigenvalue weighted by Crippen LogP contribution is 2.40. The van der Waals surface area contributed by atoms with E-state index in [1.807, 2.05) is 50.4 Å². The van der Waals surface area contributed by atoms with Crippen LogP contribution in [-0.4, -0.2) is 23.6 Å². The number of carbonyl (C=O) groups excluding carboxylic acids is 1. The maximum Gasteiger partial charge on any atom is 0.248 e. The van der Waals surface area contributed by atoms with Gasteiger partial charge in [0.15, 0.2) is 0 Å². The van der Waals surface area contributed by atoms with Crippen LogP contribution in [0.1, 0.15) is 25.0 Å². The van der Waals surface area contributed by atoms with E-state index in [0.717, 1.165) is 33.8 Å². The van der Waals surface area contributed by atoms with Gasteiger partial charge in [-0.25, -0.2) is 0 Å². The average molecular weight is 412 g/mol. The standard InChI is InChI=1S/C26H24N2O3/c1-26(2)13-12-19-15-18(16-23(25(19)31-26)20-5-4-14-27-17-20)6-11-24(29)28-21-7-9-22(30-3)10-8-21/h4-17H,1-3H3,(H,28,29)/b11-6+. The largest absolute Gasteiger partial charge is 0.497 e. The van der Waals surface area contributed by atoms with E-state index in [1.165, 1.54) is 6.08 Å². The van der Waals surface area contributed by atoms with Crippen molar-refractivity contribution in [3.63, 3.8) is 0 Å². The molecule has 1 amide bonds. The van der Waals surface area contributed by atoms with Gasteiger partial charge in [0.05, 0.1) is 7.11 Å². The fraction of sp³-hybridized carbons (Fsp3) is 0.154. The molecule has 5 nitrogen and oxygen atoms in total. The van der Waals surface area contributed by atoms with E-state index in [4.69, 9.17) is 9.47 Å². The number of carbonyl (C=O) groups is 1. The maximum absolute atomic E-state index is 12.4. The molecule has 0 bridgehead atoms. The lowest BCUT2D eigenvalue weighted by Crippen LogP contribution is -2.27. The van der Waals surface area contributed by atoms with Gasteiger partial charge in [-0.05, 0) is 74.0 Å². The topological polar surface area (TPSA) is 60.5 Å². The van der Waals surface area contributed by atoms with Crippen molar-refractivity contribution in [2.45, 2.75) is 19.4 Å². The molecule has 156 valence electrons. The fourth-order valence-corrected chi connectivity index (χ4v) is 3.36. The number of aromatic nitrogens is 1. The van der Waals surface area contributed by atoms with Crippen LogP contribution in [-0.2, 0) is 4.79 Å². The van der Waals surface area contributed by atoms with Crippen LogP contribution in [0.5, 0.6) is 11.5 Å². The highest BCUT2D eigenvalue weighted by Gasteiger charge is 2.24. The van der Waals surface area contributed by atoms with Crippen LogP contribution in [0.4, 0.5) is 5.69 Å². The summed E-state index contributed by atoms with van der Waals surface area (Å²) in [5, 5.41) is 2.85. The molecule has 0 aliphatic carbocycles. The van der Waals surface area contributed by atoms with Crippen LogP contribution < -0.4 is 14.8 Å². The Balaban J connectivity index is 1.62. The molecule has 1 N–H and O–H groups in total. The van der Waals surface area contributed by atoms with Crippen LogP contribution >= 0.6 is 0 Å². The van der Waals surface area contributed by atoms with Gasteiger partial charge in [-0.15, -0.1) is 0 Å². The Labute approximate surface area is 182 Å². The molecule has 2 heterocycles. The van der Waals surface area contributed by atoms with E-state index in [9.17, 15) is 4.79 Å². The smallest absolute Gasteiger partial charge is 0.248 e. The fourth-order valence-electron chi connectivity index (χ4n) is 3.36. The summed E-state index contributed by atoms with van der Waals surface area (Å²) in [7, 11) is 1.61. The first-order valence-corrected chi connectivity index (χ1v) is 10.0. The van der Waals surface area contributed by atoms with Crippen LogP contribution in [0.3, 0.4) is 0 Å². The first-order valence-electron chi connectivity index (χ1n) is 10.0. The van der Waals surface area contributed by atoms with Gasteiger partial charge in [-0.2, -0.15) is 0 Å². The molecule has 1 aromatic heterocycles. The van der Waals surface area contributed by atoms with E-state index < -0.39 is 0 Å². The van der Waals surface area contributed by atoms with Crippen LogP contribution in [0, 0.1) is 0 Å². The van der Waals surface area contributed by atoms with Gasteiger partial charge >= 0.3 is 0 Å². The van der Waals surface area contributed by atoms with E-state index >= 15 is 0 Å². The van der Waals surface area contributed by atoms with Crippen LogP contribution in [0.25, 0.3) is 23.3 Å². The van der Waals surface area contributed by atoms with Crippen molar-refractivity contribution >= 4 is 23.7 Å². The molecule has 0 unspecified atom stereocenters. The molecular weight excluding hydrogens is 388 g/mol. The van der Waals surface area contributed by atoms with E-state index in [1.54, 1.807) is 43.6 Å². The lowest BCUT2D eigenvalue weighted by molar-refractivity contribution is -0.111. The highest BCUT2D eigenvalue weighted by atomic mass is 16.5. The minimum Gasteiger partial charge on any atom is -0.497 e. The number of nitrogens with zero attached hydrogens (tertiary/aromatic N) is 1. The summed E-state index contributed by atoms with van der Waals surface area (Å²) in [5.74, 6) is 1.35. The quantitative estimate of drug-likeness (QED) is 0.555. The first-order chi connectivity index (χ1) is 14.9. The average Bonchev–Trinajstić information content (AvgIpc) is 2.78. The summed E-state index contributed by atoms with van der Waals surface area (Å²) in [4.78, 5) is 16.6. The summed E-state index contributed by atoms with van der Waals surface area (Å²) < 4.78 is 11.4. The van der Waals surface area contributed by atoms with Gasteiger partial charge in [0, 0.05) is 40.8 Å². The third-order valence-corrected chi connectivity index (χ3v) is 4.93. The van der Waals surface area contributed by atoms with E-state index in [0.29, 0.717) is 5.69 Å². The Bertz CT molecular complexity index is 1150. The Morgan fingerprint density at radius 1 is 1.16 bits per heavy atom. The molecule has 3 aromatic rings. The molecule has 0 spiro atoms. The highest BCUT2D eigenvalue weighted by molar-refractivity contribution is 6.02. The van der Waals surface area contributed by atoms with Crippen molar-refractivity contribution in [3.8, 4) is 22.6 Å². The minimum atomic E-state index is -0.389. The summed E-state index contributed by atoms with van der Waals surface area (Å²) in [5.41, 5.74) is 4.09. The zero-order valence-corrected chi connectivity index (χ0v) is 17.8. The SMILES string of the molecule is COc1ccc(NC(=O)/C=C/c2cc3c(c(-c4cccnc4)c2)OC(C)(C)C=C3)cc1. The molecule has 1 aliphatic heterocycles. The number of rotatable bonds is 5. The number of nitrogens with one attached hydrogen (secondary N) is 1. The molecule has 0 saturated carbocycles. The Morgan fingerprint density at radius 2 is 1.97 bits per heavy atom. The lowest BCUT2D eigenvalue weighted by Gasteiger charge is -2.30. The van der Waals surface area contributed by atoms with Crippen molar-refractivity contribution in [3.05, 3.63) is 84.2 Å². The Hall–Kier alpha value is -3.86. The van der Waals surface area contributed by atoms with Crippen molar-refractivity contribution in [2.24, 2.45) is 0 Å². The number of ether oxygens (including phenoxy) is 2. The molecule has 2 aromatic carbocycles. The zero-order chi connectivity index (χ0) is 21.8. The normalized spacial score (nSPS) is 14.0. The number of hydrogen-bond acceptors (Lipinski definition) is 4. The molecule has 4 rings (SSSR count). The van der Waals surface area contributed by atoms with Crippen molar-refractivity contribution < 1.29 is 14.3 Å². The number of pyridine rings is 1. The van der Waals surface area contributed by atoms with Gasteiger partial charge in [-0.3, -0.25) is 9.78 Å². The minimum absolute atomic E-state index is 0.209. The predicted molar refractivity (Wildman–Crippen MR) is 124 cm³/mol. The number of amides is 1. The van der Waals surface area contributed by atoms with Crippen LogP contribution in [0.2, 0.25) is 0 Å². The monoisotopic (exact) mass is 412 g/mol. The van der Waals surface area contributed by atoms with Crippen molar-refractivity contribution in [1.29, 1.82) is 0 Å². The summed E-state index contributed by atoms with van der Waals surface area (Å²) >= 11 is 0. The maximum atomic E-state index is 12.4. The molecule has 0 radical (unpaired) electrons. The lowest BCUT2D eigenvalue weighted by atomic mass is 9.94. The molecule has 5 heteroatoms. The number of anilines is 1. The van der Waals surface area contributed by atoms with Gasteiger partial charge in [0.1, 0.15) is 17.1 Å². The van der Waals surface area contributed by atoms with Gasteiger partial charge in [0.25, 0.3) is 0 Å². The molecular formula is C26H24N2O3. The summed E-state index contributed by atoms with van der Waals surface area (Å²) in [6, 6.07) is 15.1. The molecule has 31 heavy (non-hydrogen) atoms. The third kappa shape index (κ3) is 4.83. The zero-order valence-electron chi connectivity index (χ0n) is 17.8. The number of benzene rings is 2. The Kier molecular flexibility index (Phi) is 5.58. The molecule has 1 aliphatic rings. The summed E-state index contributed by atoms with van der Waals surface area (Å²) in [6.07, 6.45) is 11.0. The van der Waals surface area contributed by atoms with Crippen LogP contribution in [0.15, 0.2) is 73.1 Å². The third-order valence-electron chi connectivity index (χ3n) is 4.93. The molecule has 0 saturated heterocycles. The van der Waals surface area contributed by atoms with E-state index in [2.05, 4.69) is 16.4 Å². The Morgan fingerprint density at radius 3 is 2.68 bits per heavy atom. The molecule has 0 fully saturated rings. The van der Waals surface area contributed by atoms with E-state index in [-0.39, 0.29) is 11.5 Å². The van der Waals surface area contributed by atoms with Gasteiger partial charge in [0.2, 0.25) is 5.91 Å². The predicted octanol–water partition coefficient (Wildman–Crippen LogP) is 5.59.